The molecule has 3 rings (SSSR count). The fraction of sp³-hybridized carbons (Fsp3) is 0.667. The number of fused-ring (bicyclic) bond motifs is 2. The second kappa shape index (κ2) is 5.38. The molecule has 2 bridgehead atoms. The van der Waals surface area contributed by atoms with Gasteiger partial charge in [-0.25, -0.2) is 0 Å². The van der Waals surface area contributed by atoms with Gasteiger partial charge in [0.05, 0.1) is 6.10 Å². The Hall–Kier alpha value is -0.900. The molecule has 0 aliphatic carbocycles. The van der Waals surface area contributed by atoms with Crippen LogP contribution in [0.4, 0.5) is 0 Å². The van der Waals surface area contributed by atoms with Gasteiger partial charge in [0.1, 0.15) is 0 Å². The van der Waals surface area contributed by atoms with E-state index in [-0.39, 0.29) is 16.9 Å². The van der Waals surface area contributed by atoms with Crippen molar-refractivity contribution in [1.29, 1.82) is 0 Å². The van der Waals surface area contributed by atoms with Gasteiger partial charge in [0.25, 0.3) is 0 Å². The third kappa shape index (κ3) is 2.63. The van der Waals surface area contributed by atoms with Gasteiger partial charge >= 0.3 is 0 Å². The van der Waals surface area contributed by atoms with Crippen LogP contribution in [-0.2, 0) is 6.54 Å². The first-order valence-electron chi connectivity index (χ1n) is 8.07. The number of benzene rings is 1. The number of hydrogen-bond donors (Lipinski definition) is 2. The molecule has 1 aromatic carbocycles. The summed E-state index contributed by atoms with van der Waals surface area (Å²) in [4.78, 5) is 2.54. The Kier molecular flexibility index (Phi) is 3.85. The molecule has 3 nitrogen and oxygen atoms in total. The lowest BCUT2D eigenvalue weighted by Gasteiger charge is -2.59. The standard InChI is InChI=1S/C18H28N2O/c1-17(2,3)18-12-19-9-15(16(18)21)11-20(13-18)10-14-7-5-4-6-8-14/h4-8,15-16,19,21H,9-13H2,1-3H3. The molecule has 2 saturated heterocycles. The quantitative estimate of drug-likeness (QED) is 0.875. The highest BCUT2D eigenvalue weighted by atomic mass is 16.3. The van der Waals surface area contributed by atoms with Crippen LogP contribution in [0.2, 0.25) is 0 Å². The van der Waals surface area contributed by atoms with E-state index in [1.165, 1.54) is 5.56 Å². The van der Waals surface area contributed by atoms with Crippen molar-refractivity contribution in [2.24, 2.45) is 16.7 Å². The summed E-state index contributed by atoms with van der Waals surface area (Å²) in [5.41, 5.74) is 1.40. The summed E-state index contributed by atoms with van der Waals surface area (Å²) in [7, 11) is 0. The van der Waals surface area contributed by atoms with Crippen molar-refractivity contribution in [3.63, 3.8) is 0 Å². The normalized spacial score (nSPS) is 33.9. The molecule has 2 heterocycles. The Morgan fingerprint density at radius 1 is 1.29 bits per heavy atom. The van der Waals surface area contributed by atoms with E-state index in [1.807, 2.05) is 0 Å². The van der Waals surface area contributed by atoms with E-state index < -0.39 is 0 Å². The largest absolute Gasteiger partial charge is 0.392 e. The number of piperidine rings is 2. The van der Waals surface area contributed by atoms with Gasteiger partial charge in [0.2, 0.25) is 0 Å². The molecule has 0 amide bonds. The summed E-state index contributed by atoms with van der Waals surface area (Å²) in [6.07, 6.45) is -0.189. The number of nitrogens with zero attached hydrogens (tertiary/aromatic N) is 1. The first kappa shape index (κ1) is 15.0. The maximum atomic E-state index is 10.9. The lowest BCUT2D eigenvalue weighted by molar-refractivity contribution is -0.155. The van der Waals surface area contributed by atoms with Crippen molar-refractivity contribution < 1.29 is 5.11 Å². The molecular formula is C18H28N2O. The van der Waals surface area contributed by atoms with E-state index in [1.54, 1.807) is 0 Å². The summed E-state index contributed by atoms with van der Waals surface area (Å²) >= 11 is 0. The Balaban J connectivity index is 1.83. The molecular weight excluding hydrogens is 260 g/mol. The van der Waals surface area contributed by atoms with Gasteiger partial charge in [-0.2, -0.15) is 0 Å². The molecule has 0 spiro atoms. The molecule has 2 fully saturated rings. The first-order chi connectivity index (χ1) is 9.92. The Bertz CT molecular complexity index is 482. The topological polar surface area (TPSA) is 35.5 Å². The molecule has 2 aliphatic rings. The molecule has 0 aromatic heterocycles. The van der Waals surface area contributed by atoms with Crippen LogP contribution < -0.4 is 5.32 Å². The Morgan fingerprint density at radius 3 is 2.67 bits per heavy atom. The van der Waals surface area contributed by atoms with Crippen LogP contribution in [0.25, 0.3) is 0 Å². The van der Waals surface area contributed by atoms with E-state index in [0.29, 0.717) is 5.92 Å². The summed E-state index contributed by atoms with van der Waals surface area (Å²) in [5, 5.41) is 14.5. The molecule has 0 saturated carbocycles. The van der Waals surface area contributed by atoms with Gasteiger partial charge in [-0.05, 0) is 11.0 Å². The average Bonchev–Trinajstić information content (AvgIpc) is 2.40. The molecule has 3 heteroatoms. The summed E-state index contributed by atoms with van der Waals surface area (Å²) in [6, 6.07) is 10.7. The predicted molar refractivity (Wildman–Crippen MR) is 86.0 cm³/mol. The number of likely N-dealkylation sites (tertiary alicyclic amines) is 1. The van der Waals surface area contributed by atoms with Gasteiger partial charge in [0, 0.05) is 44.1 Å². The summed E-state index contributed by atoms with van der Waals surface area (Å²) in [5.74, 6) is 0.343. The second-order valence-corrected chi connectivity index (χ2v) is 7.90. The van der Waals surface area contributed by atoms with Crippen molar-refractivity contribution in [1.82, 2.24) is 10.2 Å². The maximum absolute atomic E-state index is 10.9. The van der Waals surface area contributed by atoms with Gasteiger partial charge in [-0.3, -0.25) is 4.90 Å². The number of rotatable bonds is 2. The lowest BCUT2D eigenvalue weighted by atomic mass is 9.57. The van der Waals surface area contributed by atoms with Crippen molar-refractivity contribution in [2.45, 2.75) is 33.4 Å². The smallest absolute Gasteiger partial charge is 0.0678 e. The van der Waals surface area contributed by atoms with Crippen LogP contribution in [0.3, 0.4) is 0 Å². The van der Waals surface area contributed by atoms with Crippen LogP contribution in [0.1, 0.15) is 26.3 Å². The number of aliphatic hydroxyl groups is 1. The molecule has 0 radical (unpaired) electrons. The fourth-order valence-corrected chi connectivity index (χ4v) is 4.17. The third-order valence-corrected chi connectivity index (χ3v) is 5.60. The second-order valence-electron chi connectivity index (χ2n) is 7.90. The molecule has 116 valence electrons. The third-order valence-electron chi connectivity index (χ3n) is 5.60. The highest BCUT2D eigenvalue weighted by Crippen LogP contribution is 2.48. The van der Waals surface area contributed by atoms with E-state index >= 15 is 0 Å². The SMILES string of the molecule is CC(C)(C)C12CNCC(CN(Cc3ccccc3)C1)C2O. The van der Waals surface area contributed by atoms with Gasteiger partial charge < -0.3 is 10.4 Å². The van der Waals surface area contributed by atoms with Crippen molar-refractivity contribution >= 4 is 0 Å². The average molecular weight is 288 g/mol. The highest BCUT2D eigenvalue weighted by molar-refractivity contribution is 5.16. The Morgan fingerprint density at radius 2 is 2.00 bits per heavy atom. The molecule has 21 heavy (non-hydrogen) atoms. The highest BCUT2D eigenvalue weighted by Gasteiger charge is 2.55. The van der Waals surface area contributed by atoms with Crippen LogP contribution in [0.5, 0.6) is 0 Å². The number of aliphatic hydroxyl groups excluding tert-OH is 1. The molecule has 2 N–H and O–H groups in total. The van der Waals surface area contributed by atoms with E-state index in [2.05, 4.69) is 61.3 Å². The van der Waals surface area contributed by atoms with E-state index in [0.717, 1.165) is 32.7 Å². The van der Waals surface area contributed by atoms with Gasteiger partial charge in [-0.1, -0.05) is 51.1 Å². The van der Waals surface area contributed by atoms with Crippen molar-refractivity contribution in [3.05, 3.63) is 35.9 Å². The maximum Gasteiger partial charge on any atom is 0.0678 e. The predicted octanol–water partition coefficient (Wildman–Crippen LogP) is 2.12. The number of hydrogen-bond acceptors (Lipinski definition) is 3. The fourth-order valence-electron chi connectivity index (χ4n) is 4.17. The Labute approximate surface area is 128 Å². The van der Waals surface area contributed by atoms with Gasteiger partial charge in [-0.15, -0.1) is 0 Å². The van der Waals surface area contributed by atoms with E-state index in [9.17, 15) is 5.11 Å². The minimum absolute atomic E-state index is 0.0526. The minimum atomic E-state index is -0.189. The number of nitrogens with one attached hydrogen (secondary N) is 1. The zero-order valence-corrected chi connectivity index (χ0v) is 13.5. The zero-order valence-electron chi connectivity index (χ0n) is 13.5. The van der Waals surface area contributed by atoms with Crippen LogP contribution in [-0.4, -0.2) is 42.3 Å². The monoisotopic (exact) mass is 288 g/mol. The zero-order chi connectivity index (χ0) is 15.1. The molecule has 3 unspecified atom stereocenters. The molecule has 3 atom stereocenters. The van der Waals surface area contributed by atoms with Crippen molar-refractivity contribution in [2.75, 3.05) is 26.2 Å². The molecule has 1 aromatic rings. The lowest BCUT2D eigenvalue weighted by Crippen LogP contribution is -2.69. The minimum Gasteiger partial charge on any atom is -0.392 e. The van der Waals surface area contributed by atoms with Gasteiger partial charge in [0.15, 0.2) is 0 Å². The molecule has 2 aliphatic heterocycles. The van der Waals surface area contributed by atoms with Crippen LogP contribution >= 0.6 is 0 Å². The summed E-state index contributed by atoms with van der Waals surface area (Å²) in [6.45, 7) is 11.6. The van der Waals surface area contributed by atoms with E-state index in [4.69, 9.17) is 0 Å². The van der Waals surface area contributed by atoms with Crippen LogP contribution in [0, 0.1) is 16.7 Å². The summed E-state index contributed by atoms with van der Waals surface area (Å²) < 4.78 is 0. The van der Waals surface area contributed by atoms with Crippen molar-refractivity contribution in [3.8, 4) is 0 Å². The van der Waals surface area contributed by atoms with Crippen LogP contribution in [0.15, 0.2) is 30.3 Å². The first-order valence-corrected chi connectivity index (χ1v) is 8.07.